The van der Waals surface area contributed by atoms with E-state index in [4.69, 9.17) is 4.74 Å². The maximum absolute atomic E-state index is 13.0. The third kappa shape index (κ3) is 6.51. The lowest BCUT2D eigenvalue weighted by atomic mass is 10.0. The Kier molecular flexibility index (Phi) is 8.80. The van der Waals surface area contributed by atoms with E-state index in [9.17, 15) is 13.2 Å². The van der Waals surface area contributed by atoms with Crippen molar-refractivity contribution in [2.45, 2.75) is 19.0 Å². The van der Waals surface area contributed by atoms with Crippen LogP contribution in [0.1, 0.15) is 17.5 Å². The van der Waals surface area contributed by atoms with Crippen molar-refractivity contribution < 1.29 is 17.9 Å². The minimum Gasteiger partial charge on any atom is -0.491 e. The molecule has 1 saturated heterocycles. The molecule has 166 valence electrons. The van der Waals surface area contributed by atoms with Crippen LogP contribution in [0, 0.1) is 5.92 Å². The molecular weight excluding hydrogens is 510 g/mol. The summed E-state index contributed by atoms with van der Waals surface area (Å²) in [6.45, 7) is 2.25. The number of rotatable bonds is 6. The molecule has 2 heterocycles. The number of halogens is 4. The Labute approximate surface area is 191 Å². The summed E-state index contributed by atoms with van der Waals surface area (Å²) in [5, 5.41) is 7.39. The number of hydrogen-bond donors (Lipinski definition) is 1. The quantitative estimate of drug-likeness (QED) is 0.265. The number of nitrogens with one attached hydrogen (secondary N) is 1. The van der Waals surface area contributed by atoms with Crippen LogP contribution in [0.2, 0.25) is 0 Å². The fourth-order valence-corrected chi connectivity index (χ4v) is 3.59. The Morgan fingerprint density at radius 1 is 1.33 bits per heavy atom. The van der Waals surface area contributed by atoms with Crippen molar-refractivity contribution in [3.05, 3.63) is 47.8 Å². The number of ether oxygens (including phenoxy) is 1. The summed E-state index contributed by atoms with van der Waals surface area (Å²) >= 11 is 0. The summed E-state index contributed by atoms with van der Waals surface area (Å²) in [4.78, 5) is 6.47. The molecule has 3 rings (SSSR count). The number of aliphatic imine (C=N–C) groups is 1. The van der Waals surface area contributed by atoms with E-state index in [-0.39, 0.29) is 36.3 Å². The number of aryl methyl sites for hydroxylation is 1. The molecule has 1 unspecified atom stereocenters. The van der Waals surface area contributed by atoms with Gasteiger partial charge in [0.25, 0.3) is 0 Å². The van der Waals surface area contributed by atoms with Crippen molar-refractivity contribution in [2.75, 3.05) is 33.3 Å². The van der Waals surface area contributed by atoms with Crippen LogP contribution in [0.3, 0.4) is 0 Å². The topological polar surface area (TPSA) is 54.7 Å². The van der Waals surface area contributed by atoms with Gasteiger partial charge in [0.15, 0.2) is 5.96 Å². The molecule has 0 bridgehead atoms. The first-order valence-electron chi connectivity index (χ1n) is 9.59. The summed E-state index contributed by atoms with van der Waals surface area (Å²) in [5.41, 5.74) is 0.459. The van der Waals surface area contributed by atoms with Gasteiger partial charge in [-0.1, -0.05) is 12.1 Å². The van der Waals surface area contributed by atoms with Gasteiger partial charge in [-0.3, -0.25) is 9.67 Å². The third-order valence-corrected chi connectivity index (χ3v) is 4.92. The Bertz CT molecular complexity index is 840. The van der Waals surface area contributed by atoms with Gasteiger partial charge in [0, 0.05) is 33.4 Å². The molecule has 0 aliphatic carbocycles. The second-order valence-corrected chi connectivity index (χ2v) is 7.14. The van der Waals surface area contributed by atoms with Gasteiger partial charge in [0.2, 0.25) is 0 Å². The van der Waals surface area contributed by atoms with Gasteiger partial charge in [0.05, 0.1) is 18.3 Å². The molecule has 1 aliphatic heterocycles. The second kappa shape index (κ2) is 10.9. The summed E-state index contributed by atoms with van der Waals surface area (Å²) in [6.07, 6.45) is 1.53. The van der Waals surface area contributed by atoms with Crippen LogP contribution in [-0.4, -0.2) is 53.9 Å². The smallest absolute Gasteiger partial charge is 0.419 e. The van der Waals surface area contributed by atoms with Crippen LogP contribution in [0.4, 0.5) is 13.2 Å². The molecular formula is C20H27F3IN5O. The number of benzene rings is 1. The van der Waals surface area contributed by atoms with Crippen LogP contribution in [0.5, 0.6) is 5.75 Å². The first-order valence-corrected chi connectivity index (χ1v) is 9.59. The van der Waals surface area contributed by atoms with Gasteiger partial charge < -0.3 is 15.0 Å². The largest absolute Gasteiger partial charge is 0.491 e. The molecule has 6 nitrogen and oxygen atoms in total. The standard InChI is InChI=1S/C20H26F3N5O.HI/c1-24-19(28-9-7-15(14-28)11-16-12-26-27(2)13-16)25-8-10-29-18-6-4-3-5-17(18)20(21,22)23;/h3-6,12-13,15H,7-11,14H2,1-2H3,(H,24,25);1H. The number of aromatic nitrogens is 2. The van der Waals surface area contributed by atoms with Crippen LogP contribution >= 0.6 is 24.0 Å². The highest BCUT2D eigenvalue weighted by Gasteiger charge is 2.34. The molecule has 0 amide bonds. The van der Waals surface area contributed by atoms with Gasteiger partial charge in [-0.05, 0) is 36.5 Å². The highest BCUT2D eigenvalue weighted by molar-refractivity contribution is 14.0. The fraction of sp³-hybridized carbons (Fsp3) is 0.500. The van der Waals surface area contributed by atoms with Gasteiger partial charge in [-0.2, -0.15) is 18.3 Å². The molecule has 10 heteroatoms. The molecule has 1 atom stereocenters. The lowest BCUT2D eigenvalue weighted by molar-refractivity contribution is -0.138. The van der Waals surface area contributed by atoms with E-state index in [1.807, 2.05) is 19.4 Å². The Morgan fingerprint density at radius 3 is 2.77 bits per heavy atom. The highest BCUT2D eigenvalue weighted by atomic mass is 127. The predicted molar refractivity (Wildman–Crippen MR) is 120 cm³/mol. The van der Waals surface area contributed by atoms with Crippen molar-refractivity contribution in [3.63, 3.8) is 0 Å². The average Bonchev–Trinajstić information content (AvgIpc) is 3.30. The summed E-state index contributed by atoms with van der Waals surface area (Å²) in [6, 6.07) is 5.24. The Hall–Kier alpha value is -1.98. The minimum atomic E-state index is -4.43. The molecule has 1 aliphatic rings. The summed E-state index contributed by atoms with van der Waals surface area (Å²) in [7, 11) is 3.61. The van der Waals surface area contributed by atoms with E-state index in [1.54, 1.807) is 11.7 Å². The zero-order chi connectivity index (χ0) is 20.9. The van der Waals surface area contributed by atoms with E-state index in [0.717, 1.165) is 38.0 Å². The van der Waals surface area contributed by atoms with Crippen molar-refractivity contribution in [3.8, 4) is 5.75 Å². The zero-order valence-corrected chi connectivity index (χ0v) is 19.4. The average molecular weight is 537 g/mol. The van der Waals surface area contributed by atoms with Gasteiger partial charge in [-0.15, -0.1) is 24.0 Å². The molecule has 1 aromatic heterocycles. The maximum Gasteiger partial charge on any atom is 0.419 e. The van der Waals surface area contributed by atoms with Gasteiger partial charge >= 0.3 is 6.18 Å². The van der Waals surface area contributed by atoms with Crippen molar-refractivity contribution in [2.24, 2.45) is 18.0 Å². The van der Waals surface area contributed by atoms with E-state index < -0.39 is 11.7 Å². The first-order chi connectivity index (χ1) is 13.9. The van der Waals surface area contributed by atoms with Crippen molar-refractivity contribution in [1.29, 1.82) is 0 Å². The maximum atomic E-state index is 13.0. The number of hydrogen-bond acceptors (Lipinski definition) is 3. The molecule has 1 N–H and O–H groups in total. The van der Waals surface area contributed by atoms with Crippen molar-refractivity contribution >= 4 is 29.9 Å². The molecule has 1 fully saturated rings. The number of nitrogens with zero attached hydrogens (tertiary/aromatic N) is 4. The first kappa shape index (κ1) is 24.3. The molecule has 0 saturated carbocycles. The zero-order valence-electron chi connectivity index (χ0n) is 17.0. The number of para-hydroxylation sites is 1. The van der Waals surface area contributed by atoms with Crippen LogP contribution < -0.4 is 10.1 Å². The minimum absolute atomic E-state index is 0. The number of alkyl halides is 3. The lowest BCUT2D eigenvalue weighted by Crippen LogP contribution is -2.41. The fourth-order valence-electron chi connectivity index (χ4n) is 3.59. The molecule has 1 aromatic carbocycles. The van der Waals surface area contributed by atoms with Crippen LogP contribution in [0.25, 0.3) is 0 Å². The highest BCUT2D eigenvalue weighted by Crippen LogP contribution is 2.35. The molecule has 2 aromatic rings. The Morgan fingerprint density at radius 2 is 2.10 bits per heavy atom. The predicted octanol–water partition coefficient (Wildman–Crippen LogP) is 3.58. The third-order valence-electron chi connectivity index (χ3n) is 4.92. The second-order valence-electron chi connectivity index (χ2n) is 7.14. The normalized spacial score (nSPS) is 17.0. The summed E-state index contributed by atoms with van der Waals surface area (Å²) in [5.74, 6) is 1.11. The Balaban J connectivity index is 0.00000320. The summed E-state index contributed by atoms with van der Waals surface area (Å²) < 4.78 is 46.2. The van der Waals surface area contributed by atoms with Crippen molar-refractivity contribution in [1.82, 2.24) is 20.0 Å². The van der Waals surface area contributed by atoms with E-state index in [0.29, 0.717) is 12.5 Å². The van der Waals surface area contributed by atoms with Gasteiger partial charge in [-0.25, -0.2) is 0 Å². The van der Waals surface area contributed by atoms with E-state index in [1.165, 1.54) is 23.8 Å². The van der Waals surface area contributed by atoms with E-state index >= 15 is 0 Å². The molecule has 30 heavy (non-hydrogen) atoms. The number of likely N-dealkylation sites (tertiary alicyclic amines) is 1. The molecule has 0 radical (unpaired) electrons. The van der Waals surface area contributed by atoms with Gasteiger partial charge in [0.1, 0.15) is 12.4 Å². The van der Waals surface area contributed by atoms with Crippen LogP contribution in [-0.2, 0) is 19.6 Å². The number of guanidine groups is 1. The monoisotopic (exact) mass is 537 g/mol. The lowest BCUT2D eigenvalue weighted by Gasteiger charge is -2.22. The molecule has 0 spiro atoms. The SMILES string of the molecule is CN=C(NCCOc1ccccc1C(F)(F)F)N1CCC(Cc2cnn(C)c2)C1.I. The van der Waals surface area contributed by atoms with E-state index in [2.05, 4.69) is 20.3 Å². The van der Waals surface area contributed by atoms with Crippen LogP contribution in [0.15, 0.2) is 41.7 Å².